The Morgan fingerprint density at radius 1 is 1.09 bits per heavy atom. The Bertz CT molecular complexity index is 806. The maximum Gasteiger partial charge on any atom is 0.326 e. The fraction of sp³-hybridized carbons (Fsp3) is 0.133. The average Bonchev–Trinajstić information content (AvgIpc) is 2.50. The summed E-state index contributed by atoms with van der Waals surface area (Å²) in [7, 11) is -2.52. The third-order valence-corrected chi connectivity index (χ3v) is 5.32. The summed E-state index contributed by atoms with van der Waals surface area (Å²) in [5.74, 6) is -0.561. The standard InChI is InChI=1S/C15H13Cl2NO4S/c1-18(23(20,21)12-8-6-11(16)7-9-12)10-15(19)22-14-5-3-2-4-13(14)17/h2-9H,10H2,1H3. The van der Waals surface area contributed by atoms with Gasteiger partial charge in [-0.05, 0) is 36.4 Å². The number of esters is 1. The van der Waals surface area contributed by atoms with Crippen LogP contribution in [0.1, 0.15) is 0 Å². The smallest absolute Gasteiger partial charge is 0.326 e. The molecule has 0 fully saturated rings. The van der Waals surface area contributed by atoms with Crippen LogP contribution in [-0.4, -0.2) is 32.3 Å². The number of benzene rings is 2. The molecule has 0 atom stereocenters. The van der Waals surface area contributed by atoms with Crippen molar-refractivity contribution in [1.82, 2.24) is 4.31 Å². The second-order valence-electron chi connectivity index (χ2n) is 4.62. The highest BCUT2D eigenvalue weighted by Gasteiger charge is 2.24. The molecule has 0 saturated carbocycles. The number of carbonyl (C=O) groups excluding carboxylic acids is 1. The lowest BCUT2D eigenvalue weighted by Crippen LogP contribution is -2.34. The van der Waals surface area contributed by atoms with Gasteiger partial charge in [0.05, 0.1) is 9.92 Å². The SMILES string of the molecule is CN(CC(=O)Oc1ccccc1Cl)S(=O)(=O)c1ccc(Cl)cc1. The maximum atomic E-state index is 12.3. The number of hydrogen-bond donors (Lipinski definition) is 0. The zero-order valence-corrected chi connectivity index (χ0v) is 14.4. The molecule has 23 heavy (non-hydrogen) atoms. The van der Waals surface area contributed by atoms with Gasteiger partial charge in [-0.25, -0.2) is 8.42 Å². The minimum Gasteiger partial charge on any atom is -0.424 e. The Morgan fingerprint density at radius 3 is 2.30 bits per heavy atom. The molecule has 0 heterocycles. The monoisotopic (exact) mass is 373 g/mol. The Labute approximate surface area is 144 Å². The highest BCUT2D eigenvalue weighted by molar-refractivity contribution is 7.89. The number of hydrogen-bond acceptors (Lipinski definition) is 4. The molecular formula is C15H13Cl2NO4S. The average molecular weight is 374 g/mol. The van der Waals surface area contributed by atoms with Crippen molar-refractivity contribution < 1.29 is 17.9 Å². The lowest BCUT2D eigenvalue weighted by atomic mass is 10.3. The van der Waals surface area contributed by atoms with Gasteiger partial charge in [0.2, 0.25) is 10.0 Å². The summed E-state index contributed by atoms with van der Waals surface area (Å²) in [6, 6.07) is 12.1. The molecule has 0 aliphatic carbocycles. The van der Waals surface area contributed by atoms with Crippen molar-refractivity contribution in [3.8, 4) is 5.75 Å². The molecule has 0 saturated heterocycles. The minimum absolute atomic E-state index is 0.0370. The summed E-state index contributed by atoms with van der Waals surface area (Å²) < 4.78 is 30.7. The normalized spacial score (nSPS) is 11.5. The van der Waals surface area contributed by atoms with Crippen molar-refractivity contribution in [2.24, 2.45) is 0 Å². The molecule has 2 rings (SSSR count). The largest absolute Gasteiger partial charge is 0.424 e. The topological polar surface area (TPSA) is 63.7 Å². The van der Waals surface area contributed by atoms with Gasteiger partial charge in [0, 0.05) is 12.1 Å². The van der Waals surface area contributed by atoms with Gasteiger partial charge < -0.3 is 4.74 Å². The second-order valence-corrected chi connectivity index (χ2v) is 7.51. The number of ether oxygens (including phenoxy) is 1. The van der Waals surface area contributed by atoms with Crippen molar-refractivity contribution in [2.75, 3.05) is 13.6 Å². The van der Waals surface area contributed by atoms with E-state index in [4.69, 9.17) is 27.9 Å². The van der Waals surface area contributed by atoms with Gasteiger partial charge in [-0.2, -0.15) is 4.31 Å². The first-order valence-electron chi connectivity index (χ1n) is 6.48. The second kappa shape index (κ2) is 7.31. The lowest BCUT2D eigenvalue weighted by molar-refractivity contribution is -0.134. The van der Waals surface area contributed by atoms with Crippen LogP contribution in [-0.2, 0) is 14.8 Å². The Balaban J connectivity index is 2.08. The first-order valence-corrected chi connectivity index (χ1v) is 8.67. The number of para-hydroxylation sites is 1. The van der Waals surface area contributed by atoms with Crippen LogP contribution in [0.5, 0.6) is 5.75 Å². The van der Waals surface area contributed by atoms with Crippen molar-refractivity contribution in [1.29, 1.82) is 0 Å². The molecule has 8 heteroatoms. The van der Waals surface area contributed by atoms with Crippen LogP contribution in [0.2, 0.25) is 10.0 Å². The molecule has 0 aliphatic rings. The third-order valence-electron chi connectivity index (χ3n) is 2.93. The highest BCUT2D eigenvalue weighted by Crippen LogP contribution is 2.23. The van der Waals surface area contributed by atoms with Crippen molar-refractivity contribution >= 4 is 39.2 Å². The van der Waals surface area contributed by atoms with Crippen LogP contribution in [0.25, 0.3) is 0 Å². The molecule has 5 nitrogen and oxygen atoms in total. The summed E-state index contributed by atoms with van der Waals surface area (Å²) in [6.45, 7) is -0.448. The first kappa shape index (κ1) is 17.7. The van der Waals surface area contributed by atoms with E-state index in [2.05, 4.69) is 0 Å². The molecule has 0 aromatic heterocycles. The van der Waals surface area contributed by atoms with Crippen molar-refractivity contribution in [2.45, 2.75) is 4.90 Å². The minimum atomic E-state index is -3.81. The Morgan fingerprint density at radius 2 is 1.70 bits per heavy atom. The van der Waals surface area contributed by atoms with Gasteiger partial charge in [-0.15, -0.1) is 0 Å². The van der Waals surface area contributed by atoms with E-state index in [1.807, 2.05) is 0 Å². The number of rotatable bonds is 5. The number of likely N-dealkylation sites (N-methyl/N-ethyl adjacent to an activating group) is 1. The molecule has 122 valence electrons. The predicted molar refractivity (Wildman–Crippen MR) is 88.4 cm³/mol. The molecule has 0 spiro atoms. The number of nitrogens with zero attached hydrogens (tertiary/aromatic N) is 1. The highest BCUT2D eigenvalue weighted by atomic mass is 35.5. The predicted octanol–water partition coefficient (Wildman–Crippen LogP) is 3.22. The summed E-state index contributed by atoms with van der Waals surface area (Å²) in [5, 5.41) is 0.689. The Kier molecular flexibility index (Phi) is 5.64. The van der Waals surface area contributed by atoms with Crippen LogP contribution >= 0.6 is 23.2 Å². The van der Waals surface area contributed by atoms with E-state index in [1.54, 1.807) is 18.2 Å². The van der Waals surface area contributed by atoms with E-state index in [-0.39, 0.29) is 15.7 Å². The molecule has 0 amide bonds. The van der Waals surface area contributed by atoms with Crippen LogP contribution in [0, 0.1) is 0 Å². The van der Waals surface area contributed by atoms with Gasteiger partial charge >= 0.3 is 5.97 Å². The van der Waals surface area contributed by atoms with Gasteiger partial charge in [-0.1, -0.05) is 35.3 Å². The number of halogens is 2. The molecule has 2 aromatic carbocycles. The third kappa shape index (κ3) is 4.45. The quantitative estimate of drug-likeness (QED) is 0.596. The van der Waals surface area contributed by atoms with Crippen LogP contribution in [0.3, 0.4) is 0 Å². The van der Waals surface area contributed by atoms with Crippen molar-refractivity contribution in [3.05, 3.63) is 58.6 Å². The Hall–Kier alpha value is -1.60. The summed E-state index contributed by atoms with van der Waals surface area (Å²) in [4.78, 5) is 11.9. The van der Waals surface area contributed by atoms with E-state index in [1.165, 1.54) is 37.4 Å². The molecule has 0 radical (unpaired) electrons. The van der Waals surface area contributed by atoms with Gasteiger partial charge in [-0.3, -0.25) is 4.79 Å². The van der Waals surface area contributed by atoms with Gasteiger partial charge in [0.25, 0.3) is 0 Å². The van der Waals surface area contributed by atoms with Crippen LogP contribution < -0.4 is 4.74 Å². The first-order chi connectivity index (χ1) is 10.8. The number of carbonyl (C=O) groups is 1. The van der Waals surface area contributed by atoms with E-state index < -0.39 is 22.5 Å². The van der Waals surface area contributed by atoms with E-state index in [0.717, 1.165) is 4.31 Å². The zero-order valence-electron chi connectivity index (χ0n) is 12.1. The summed E-state index contributed by atoms with van der Waals surface area (Å²) in [6.07, 6.45) is 0. The number of sulfonamides is 1. The molecule has 0 unspecified atom stereocenters. The van der Waals surface area contributed by atoms with Crippen molar-refractivity contribution in [3.63, 3.8) is 0 Å². The van der Waals surface area contributed by atoms with Crippen LogP contribution in [0.15, 0.2) is 53.4 Å². The maximum absolute atomic E-state index is 12.3. The van der Waals surface area contributed by atoms with E-state index in [9.17, 15) is 13.2 Å². The molecule has 0 N–H and O–H groups in total. The molecular weight excluding hydrogens is 361 g/mol. The summed E-state index contributed by atoms with van der Waals surface area (Å²) in [5.41, 5.74) is 0. The fourth-order valence-corrected chi connectivity index (χ4v) is 3.15. The molecule has 0 aliphatic heterocycles. The zero-order chi connectivity index (χ0) is 17.0. The van der Waals surface area contributed by atoms with E-state index >= 15 is 0 Å². The van der Waals surface area contributed by atoms with Crippen LogP contribution in [0.4, 0.5) is 0 Å². The molecule has 0 bridgehead atoms. The lowest BCUT2D eigenvalue weighted by Gasteiger charge is -2.16. The molecule has 2 aromatic rings. The van der Waals surface area contributed by atoms with E-state index in [0.29, 0.717) is 5.02 Å². The van der Waals surface area contributed by atoms with Gasteiger partial charge in [0.1, 0.15) is 12.3 Å². The summed E-state index contributed by atoms with van der Waals surface area (Å²) >= 11 is 11.6. The fourth-order valence-electron chi connectivity index (χ4n) is 1.74. The van der Waals surface area contributed by atoms with Gasteiger partial charge in [0.15, 0.2) is 0 Å².